The average molecular weight is 519 g/mol. The van der Waals surface area contributed by atoms with Crippen LogP contribution in [0.5, 0.6) is 11.5 Å². The van der Waals surface area contributed by atoms with Gasteiger partial charge in [-0.3, -0.25) is 9.59 Å². The fourth-order valence-electron chi connectivity index (χ4n) is 4.25. The molecule has 0 saturated heterocycles. The van der Waals surface area contributed by atoms with Crippen LogP contribution in [0.25, 0.3) is 0 Å². The molecule has 0 aliphatic rings. The monoisotopic (exact) mass is 518 g/mol. The minimum atomic E-state index is -0.683. The van der Waals surface area contributed by atoms with Crippen molar-refractivity contribution in [2.75, 3.05) is 34.0 Å². The summed E-state index contributed by atoms with van der Waals surface area (Å²) < 4.78 is 16.2. The number of hydrogen-bond acceptors (Lipinski definition) is 5. The Hall–Kier alpha value is -3.84. The Morgan fingerprint density at radius 2 is 1.50 bits per heavy atom. The normalized spacial score (nSPS) is 11.4. The Morgan fingerprint density at radius 3 is 2.13 bits per heavy atom. The smallest absolute Gasteiger partial charge is 0.243 e. The summed E-state index contributed by atoms with van der Waals surface area (Å²) in [5.74, 6) is 0.826. The molecule has 0 bridgehead atoms. The molecule has 0 aliphatic heterocycles. The fraction of sp³-hybridized carbons (Fsp3) is 0.355. The third-order valence-electron chi connectivity index (χ3n) is 6.24. The van der Waals surface area contributed by atoms with E-state index in [0.717, 1.165) is 16.7 Å². The summed E-state index contributed by atoms with van der Waals surface area (Å²) in [7, 11) is 3.14. The maximum Gasteiger partial charge on any atom is 0.243 e. The summed E-state index contributed by atoms with van der Waals surface area (Å²) in [6.45, 7) is 3.95. The van der Waals surface area contributed by atoms with E-state index in [1.54, 1.807) is 31.3 Å². The lowest BCUT2D eigenvalue weighted by molar-refractivity contribution is -0.140. The summed E-state index contributed by atoms with van der Waals surface area (Å²) in [4.78, 5) is 29.1. The van der Waals surface area contributed by atoms with Crippen molar-refractivity contribution in [1.29, 1.82) is 0 Å². The molecule has 0 aliphatic carbocycles. The lowest BCUT2D eigenvalue weighted by Gasteiger charge is -2.32. The quantitative estimate of drug-likeness (QED) is 0.301. The van der Waals surface area contributed by atoms with Gasteiger partial charge in [-0.1, -0.05) is 66.7 Å². The first kappa shape index (κ1) is 28.7. The van der Waals surface area contributed by atoms with Crippen LogP contribution in [0.15, 0.2) is 78.9 Å². The number of rotatable bonds is 15. The van der Waals surface area contributed by atoms with Gasteiger partial charge in [0.1, 0.15) is 6.04 Å². The van der Waals surface area contributed by atoms with E-state index in [0.29, 0.717) is 50.6 Å². The number of nitrogens with one attached hydrogen (secondary N) is 1. The number of methoxy groups -OCH3 is 2. The highest BCUT2D eigenvalue weighted by Crippen LogP contribution is 2.28. The number of amides is 2. The highest BCUT2D eigenvalue weighted by molar-refractivity contribution is 5.88. The van der Waals surface area contributed by atoms with Gasteiger partial charge in [0, 0.05) is 32.7 Å². The van der Waals surface area contributed by atoms with E-state index < -0.39 is 6.04 Å². The van der Waals surface area contributed by atoms with Gasteiger partial charge in [-0.05, 0) is 42.2 Å². The lowest BCUT2D eigenvalue weighted by Crippen LogP contribution is -2.51. The van der Waals surface area contributed by atoms with Crippen LogP contribution in [0.3, 0.4) is 0 Å². The predicted molar refractivity (Wildman–Crippen MR) is 148 cm³/mol. The molecule has 0 spiro atoms. The molecule has 7 heteroatoms. The Morgan fingerprint density at radius 1 is 0.842 bits per heavy atom. The second kappa shape index (κ2) is 15.4. The van der Waals surface area contributed by atoms with Crippen LogP contribution in [-0.2, 0) is 33.7 Å². The molecule has 0 heterocycles. The van der Waals surface area contributed by atoms with Gasteiger partial charge in [-0.25, -0.2) is 0 Å². The summed E-state index contributed by atoms with van der Waals surface area (Å²) in [5.41, 5.74) is 2.72. The zero-order chi connectivity index (χ0) is 27.2. The van der Waals surface area contributed by atoms with E-state index >= 15 is 0 Å². The van der Waals surface area contributed by atoms with E-state index in [9.17, 15) is 9.59 Å². The van der Waals surface area contributed by atoms with Gasteiger partial charge in [-0.2, -0.15) is 0 Å². The Kier molecular flexibility index (Phi) is 11.7. The fourth-order valence-corrected chi connectivity index (χ4v) is 4.25. The summed E-state index contributed by atoms with van der Waals surface area (Å²) in [5, 5.41) is 3.03. The maximum atomic E-state index is 13.9. The average Bonchev–Trinajstić information content (AvgIpc) is 2.95. The molecule has 1 atom stereocenters. The molecule has 0 radical (unpaired) electrons. The molecule has 2 amide bonds. The summed E-state index contributed by atoms with van der Waals surface area (Å²) in [6, 6.07) is 24.3. The molecule has 3 aromatic rings. The van der Waals surface area contributed by atoms with Crippen molar-refractivity contribution in [1.82, 2.24) is 10.2 Å². The third kappa shape index (κ3) is 8.63. The van der Waals surface area contributed by atoms with Crippen LogP contribution in [0.1, 0.15) is 30.0 Å². The van der Waals surface area contributed by atoms with Gasteiger partial charge in [0.15, 0.2) is 11.5 Å². The number of benzene rings is 3. The van der Waals surface area contributed by atoms with Crippen LogP contribution < -0.4 is 14.8 Å². The van der Waals surface area contributed by atoms with Crippen LogP contribution in [0.2, 0.25) is 0 Å². The third-order valence-corrected chi connectivity index (χ3v) is 6.24. The van der Waals surface area contributed by atoms with Crippen LogP contribution in [0.4, 0.5) is 0 Å². The van der Waals surface area contributed by atoms with Crippen LogP contribution >= 0.6 is 0 Å². The van der Waals surface area contributed by atoms with Gasteiger partial charge in [0.25, 0.3) is 0 Å². The second-order valence-electron chi connectivity index (χ2n) is 8.92. The number of hydrogen-bond donors (Lipinski definition) is 1. The van der Waals surface area contributed by atoms with Crippen molar-refractivity contribution < 1.29 is 23.8 Å². The van der Waals surface area contributed by atoms with Crippen LogP contribution in [-0.4, -0.2) is 56.7 Å². The molecule has 0 saturated carbocycles. The largest absolute Gasteiger partial charge is 0.493 e. The molecular formula is C31H38N2O5. The minimum absolute atomic E-state index is 0.121. The first-order valence-electron chi connectivity index (χ1n) is 13.0. The van der Waals surface area contributed by atoms with Gasteiger partial charge in [0.05, 0.1) is 20.6 Å². The number of ether oxygens (including phenoxy) is 3. The number of carbonyl (C=O) groups excluding carboxylic acids is 2. The molecule has 3 rings (SSSR count). The van der Waals surface area contributed by atoms with E-state index in [4.69, 9.17) is 14.2 Å². The topological polar surface area (TPSA) is 77.1 Å². The molecule has 1 N–H and O–H groups in total. The highest BCUT2D eigenvalue weighted by atomic mass is 16.5. The molecule has 7 nitrogen and oxygen atoms in total. The Labute approximate surface area is 225 Å². The van der Waals surface area contributed by atoms with Gasteiger partial charge in [0.2, 0.25) is 11.8 Å². The van der Waals surface area contributed by atoms with Crippen molar-refractivity contribution in [3.8, 4) is 11.5 Å². The summed E-state index contributed by atoms with van der Waals surface area (Å²) >= 11 is 0. The van der Waals surface area contributed by atoms with Crippen molar-refractivity contribution in [3.05, 3.63) is 95.6 Å². The van der Waals surface area contributed by atoms with Gasteiger partial charge < -0.3 is 24.4 Å². The Bertz CT molecular complexity index is 1140. The van der Waals surface area contributed by atoms with Crippen molar-refractivity contribution in [2.45, 2.75) is 38.8 Å². The Balaban J connectivity index is 1.89. The van der Waals surface area contributed by atoms with Crippen molar-refractivity contribution in [2.24, 2.45) is 0 Å². The van der Waals surface area contributed by atoms with Crippen molar-refractivity contribution >= 4 is 11.8 Å². The minimum Gasteiger partial charge on any atom is -0.493 e. The molecular weight excluding hydrogens is 480 g/mol. The zero-order valence-electron chi connectivity index (χ0n) is 22.5. The number of carbonyl (C=O) groups is 2. The van der Waals surface area contributed by atoms with Crippen molar-refractivity contribution in [3.63, 3.8) is 0 Å². The maximum absolute atomic E-state index is 13.9. The molecule has 0 unspecified atom stereocenters. The van der Waals surface area contributed by atoms with E-state index in [1.807, 2.05) is 73.7 Å². The second-order valence-corrected chi connectivity index (χ2v) is 8.92. The van der Waals surface area contributed by atoms with Crippen LogP contribution in [0, 0.1) is 0 Å². The lowest BCUT2D eigenvalue weighted by atomic mass is 10.0. The number of nitrogens with zero attached hydrogens (tertiary/aromatic N) is 1. The van der Waals surface area contributed by atoms with E-state index in [-0.39, 0.29) is 18.2 Å². The zero-order valence-corrected chi connectivity index (χ0v) is 22.5. The summed E-state index contributed by atoms with van der Waals surface area (Å²) in [6.07, 6.45) is 1.23. The first-order chi connectivity index (χ1) is 18.5. The first-order valence-corrected chi connectivity index (χ1v) is 13.0. The standard InChI is InChI=1S/C31H38N2O5/c1-4-38-19-11-18-32-31(35)27(20-24-12-7-5-8-13-24)33(23-25-14-9-6-10-15-25)30(34)22-26-16-17-28(36-2)29(21-26)37-3/h5-10,12-17,21,27H,4,11,18-20,22-23H2,1-3H3,(H,32,35)/t27-/m1/s1. The SMILES string of the molecule is CCOCCCNC(=O)[C@@H](Cc1ccccc1)N(Cc1ccccc1)C(=O)Cc1ccc(OC)c(OC)c1. The van der Waals surface area contributed by atoms with Gasteiger partial charge >= 0.3 is 0 Å². The highest BCUT2D eigenvalue weighted by Gasteiger charge is 2.30. The van der Waals surface area contributed by atoms with Gasteiger partial charge in [-0.15, -0.1) is 0 Å². The molecule has 202 valence electrons. The molecule has 3 aromatic carbocycles. The molecule has 0 fully saturated rings. The molecule has 0 aromatic heterocycles. The van der Waals surface area contributed by atoms with E-state index in [1.165, 1.54) is 0 Å². The predicted octanol–water partition coefficient (Wildman–Crippen LogP) is 4.43. The van der Waals surface area contributed by atoms with E-state index in [2.05, 4.69) is 5.32 Å². The molecule has 38 heavy (non-hydrogen) atoms.